The number of thioether (sulfide) groups is 1. The highest BCUT2D eigenvalue weighted by Gasteiger charge is 2.39. The molecule has 0 N–H and O–H groups in total. The van der Waals surface area contributed by atoms with Crippen molar-refractivity contribution in [1.82, 2.24) is 4.90 Å². The lowest BCUT2D eigenvalue weighted by molar-refractivity contribution is -0.127. The number of amides is 2. The lowest BCUT2D eigenvalue weighted by Gasteiger charge is -2.15. The fourth-order valence-corrected chi connectivity index (χ4v) is 4.72. The molecule has 0 unspecified atom stereocenters. The predicted molar refractivity (Wildman–Crippen MR) is 131 cm³/mol. The van der Waals surface area contributed by atoms with Crippen molar-refractivity contribution < 1.29 is 19.1 Å². The first kappa shape index (κ1) is 23.2. The number of ether oxygens (including phenoxy) is 2. The molecule has 3 aromatic rings. The summed E-state index contributed by atoms with van der Waals surface area (Å²) in [5.74, 6) is 1.05. The van der Waals surface area contributed by atoms with E-state index in [2.05, 4.69) is 0 Å². The molecule has 0 bridgehead atoms. The minimum absolute atomic E-state index is 0.182. The lowest BCUT2D eigenvalue weighted by atomic mass is 10.1. The van der Waals surface area contributed by atoms with Gasteiger partial charge in [-0.1, -0.05) is 71.4 Å². The normalized spacial score (nSPS) is 15.7. The number of aryl methyl sites for hydroxylation is 1. The number of rotatable bonds is 8. The highest BCUT2D eigenvalue weighted by Crippen LogP contribution is 2.34. The van der Waals surface area contributed by atoms with Crippen molar-refractivity contribution in [2.24, 2.45) is 0 Å². The van der Waals surface area contributed by atoms with Crippen LogP contribution in [0.25, 0.3) is 0 Å². The van der Waals surface area contributed by atoms with E-state index in [0.717, 1.165) is 28.5 Å². The van der Waals surface area contributed by atoms with Gasteiger partial charge in [0.25, 0.3) is 5.24 Å². The number of carbonyl (C=O) groups is 2. The van der Waals surface area contributed by atoms with E-state index in [1.54, 1.807) is 19.2 Å². The summed E-state index contributed by atoms with van der Waals surface area (Å²) >= 11 is 6.99. The quantitative estimate of drug-likeness (QED) is 0.392. The second-order valence-corrected chi connectivity index (χ2v) is 9.48. The smallest absolute Gasteiger partial charge is 0.289 e. The molecule has 1 fully saturated rings. The number of methoxy groups -OCH3 is 1. The van der Waals surface area contributed by atoms with Gasteiger partial charge in [-0.05, 0) is 54.3 Å². The molecule has 1 atom stereocenters. The highest BCUT2D eigenvalue weighted by atomic mass is 35.5. The molecular formula is C26H24ClNO4S. The Morgan fingerprint density at radius 1 is 0.909 bits per heavy atom. The van der Waals surface area contributed by atoms with Gasteiger partial charge in [0.05, 0.1) is 18.9 Å². The van der Waals surface area contributed by atoms with Crippen LogP contribution in [0.1, 0.15) is 22.3 Å². The van der Waals surface area contributed by atoms with Gasteiger partial charge in [0, 0.05) is 5.02 Å². The summed E-state index contributed by atoms with van der Waals surface area (Å²) in [6.07, 6.45) is 0.432. The molecule has 170 valence electrons. The van der Waals surface area contributed by atoms with Gasteiger partial charge in [0.1, 0.15) is 6.61 Å². The zero-order chi connectivity index (χ0) is 23.4. The van der Waals surface area contributed by atoms with Crippen LogP contribution < -0.4 is 9.47 Å². The molecular weight excluding hydrogens is 458 g/mol. The number of benzene rings is 3. The Kier molecular flexibility index (Phi) is 7.26. The van der Waals surface area contributed by atoms with Crippen molar-refractivity contribution in [3.63, 3.8) is 0 Å². The number of halogens is 1. The average molecular weight is 482 g/mol. The van der Waals surface area contributed by atoms with Crippen molar-refractivity contribution in [2.45, 2.75) is 31.7 Å². The van der Waals surface area contributed by atoms with E-state index < -0.39 is 5.25 Å². The monoisotopic (exact) mass is 481 g/mol. The standard InChI is InChI=1S/C26H24ClNO4S/c1-17-3-5-19(6-4-17)16-32-22-12-9-20(13-23(22)31-2)14-24-25(29)28(26(30)33-24)15-18-7-10-21(27)11-8-18/h3-13,24H,14-16H2,1-2H3/t24-/m0/s1. The lowest BCUT2D eigenvalue weighted by Crippen LogP contribution is -2.31. The van der Waals surface area contributed by atoms with Gasteiger partial charge in [0.2, 0.25) is 5.91 Å². The van der Waals surface area contributed by atoms with Crippen LogP contribution in [0.15, 0.2) is 66.7 Å². The summed E-state index contributed by atoms with van der Waals surface area (Å²) in [7, 11) is 1.59. The summed E-state index contributed by atoms with van der Waals surface area (Å²) in [5, 5.41) is -0.0795. The molecule has 1 heterocycles. The summed E-state index contributed by atoms with van der Waals surface area (Å²) in [4.78, 5) is 26.7. The second-order valence-electron chi connectivity index (χ2n) is 7.89. The Hall–Kier alpha value is -2.96. The maximum absolute atomic E-state index is 12.9. The van der Waals surface area contributed by atoms with Gasteiger partial charge in [-0.25, -0.2) is 0 Å². The molecule has 0 aromatic heterocycles. The zero-order valence-corrected chi connectivity index (χ0v) is 20.0. The Labute approximate surface area is 202 Å². The minimum atomic E-state index is -0.464. The van der Waals surface area contributed by atoms with E-state index >= 15 is 0 Å². The Morgan fingerprint density at radius 2 is 1.58 bits per heavy atom. The SMILES string of the molecule is COc1cc(C[C@@H]2SC(=O)N(Cc3ccc(Cl)cc3)C2=O)ccc1OCc1ccc(C)cc1. The summed E-state index contributed by atoms with van der Waals surface area (Å²) in [5.41, 5.74) is 4.03. The minimum Gasteiger partial charge on any atom is -0.493 e. The molecule has 1 aliphatic heterocycles. The number of carbonyl (C=O) groups excluding carboxylic acids is 2. The van der Waals surface area contributed by atoms with Crippen molar-refractivity contribution in [3.8, 4) is 11.5 Å². The van der Waals surface area contributed by atoms with Crippen LogP contribution in [0.2, 0.25) is 5.02 Å². The average Bonchev–Trinajstić information content (AvgIpc) is 3.07. The van der Waals surface area contributed by atoms with Crippen LogP contribution in [0.5, 0.6) is 11.5 Å². The van der Waals surface area contributed by atoms with Crippen LogP contribution in [0.3, 0.4) is 0 Å². The maximum atomic E-state index is 12.9. The molecule has 0 radical (unpaired) electrons. The van der Waals surface area contributed by atoms with Gasteiger partial charge < -0.3 is 9.47 Å². The molecule has 3 aromatic carbocycles. The van der Waals surface area contributed by atoms with E-state index in [-0.39, 0.29) is 17.7 Å². The van der Waals surface area contributed by atoms with Crippen molar-refractivity contribution in [3.05, 3.63) is 94.0 Å². The third-order valence-electron chi connectivity index (χ3n) is 5.42. The molecule has 4 rings (SSSR count). The van der Waals surface area contributed by atoms with Crippen molar-refractivity contribution in [1.29, 1.82) is 0 Å². The van der Waals surface area contributed by atoms with E-state index in [0.29, 0.717) is 29.5 Å². The van der Waals surface area contributed by atoms with Crippen molar-refractivity contribution in [2.75, 3.05) is 7.11 Å². The molecule has 1 aliphatic rings. The van der Waals surface area contributed by atoms with E-state index in [4.69, 9.17) is 21.1 Å². The van der Waals surface area contributed by atoms with E-state index in [1.807, 2.05) is 61.5 Å². The molecule has 0 spiro atoms. The molecule has 5 nitrogen and oxygen atoms in total. The van der Waals surface area contributed by atoms with E-state index in [1.165, 1.54) is 10.5 Å². The molecule has 0 aliphatic carbocycles. The summed E-state index contributed by atoms with van der Waals surface area (Å²) in [6, 6.07) is 20.9. The molecule has 0 saturated carbocycles. The number of nitrogens with zero attached hydrogens (tertiary/aromatic N) is 1. The fourth-order valence-electron chi connectivity index (χ4n) is 3.56. The fraction of sp³-hybridized carbons (Fsp3) is 0.231. The summed E-state index contributed by atoms with van der Waals surface area (Å²) < 4.78 is 11.5. The highest BCUT2D eigenvalue weighted by molar-refractivity contribution is 8.15. The van der Waals surface area contributed by atoms with Crippen LogP contribution in [-0.4, -0.2) is 28.4 Å². The number of hydrogen-bond acceptors (Lipinski definition) is 5. The third-order valence-corrected chi connectivity index (χ3v) is 6.75. The topological polar surface area (TPSA) is 55.8 Å². The van der Waals surface area contributed by atoms with Gasteiger partial charge in [-0.3, -0.25) is 14.5 Å². The van der Waals surface area contributed by atoms with Gasteiger partial charge >= 0.3 is 0 Å². The Balaban J connectivity index is 1.40. The Bertz CT molecular complexity index is 1150. The largest absolute Gasteiger partial charge is 0.493 e. The van der Waals surface area contributed by atoms with Crippen molar-refractivity contribution >= 4 is 34.5 Å². The van der Waals surface area contributed by atoms with E-state index in [9.17, 15) is 9.59 Å². The first-order valence-corrected chi connectivity index (χ1v) is 11.8. The Morgan fingerprint density at radius 3 is 2.27 bits per heavy atom. The molecule has 7 heteroatoms. The predicted octanol–water partition coefficient (Wildman–Crippen LogP) is 6.04. The zero-order valence-electron chi connectivity index (χ0n) is 18.4. The molecule has 1 saturated heterocycles. The van der Waals surface area contributed by atoms with Gasteiger partial charge in [-0.15, -0.1) is 0 Å². The third kappa shape index (κ3) is 5.70. The maximum Gasteiger partial charge on any atom is 0.289 e. The van der Waals surface area contributed by atoms with Crippen LogP contribution in [-0.2, 0) is 24.4 Å². The summed E-state index contributed by atoms with van der Waals surface area (Å²) in [6.45, 7) is 2.72. The van der Waals surface area contributed by atoms with Crippen LogP contribution in [0.4, 0.5) is 4.79 Å². The second kappa shape index (κ2) is 10.3. The van der Waals surface area contributed by atoms with Gasteiger partial charge in [-0.2, -0.15) is 0 Å². The first-order chi connectivity index (χ1) is 15.9. The first-order valence-electron chi connectivity index (χ1n) is 10.5. The van der Waals surface area contributed by atoms with Gasteiger partial charge in [0.15, 0.2) is 11.5 Å². The van der Waals surface area contributed by atoms with Crippen LogP contribution in [0, 0.1) is 6.92 Å². The molecule has 33 heavy (non-hydrogen) atoms. The number of imide groups is 1. The van der Waals surface area contributed by atoms with Crippen LogP contribution >= 0.6 is 23.4 Å². The molecule has 2 amide bonds. The number of hydrogen-bond donors (Lipinski definition) is 0.